The van der Waals surface area contributed by atoms with E-state index in [4.69, 9.17) is 0 Å². The molecule has 102 valence electrons. The highest BCUT2D eigenvalue weighted by molar-refractivity contribution is 5.95. The molecule has 0 saturated carbocycles. The van der Waals surface area contributed by atoms with Crippen molar-refractivity contribution < 1.29 is 19.1 Å². The number of ether oxygens (including phenoxy) is 2. The summed E-state index contributed by atoms with van der Waals surface area (Å²) in [5.74, 6) is -2.12. The van der Waals surface area contributed by atoms with Crippen molar-refractivity contribution in [3.05, 3.63) is 25.7 Å². The van der Waals surface area contributed by atoms with Gasteiger partial charge in [-0.25, -0.2) is 0 Å². The van der Waals surface area contributed by atoms with Gasteiger partial charge in [0.05, 0.1) is 12.5 Å². The second-order valence-corrected chi connectivity index (χ2v) is 3.96. The van der Waals surface area contributed by atoms with Gasteiger partial charge >= 0.3 is 11.9 Å². The SMILES string of the molecule is C=COC(=O)C(CCCCCCC)C(=O)OC=C. The molecule has 0 aliphatic carbocycles. The third-order valence-electron chi connectivity index (χ3n) is 2.56. The molecule has 0 fully saturated rings. The summed E-state index contributed by atoms with van der Waals surface area (Å²) in [7, 11) is 0. The molecular weight excluding hydrogens is 232 g/mol. The van der Waals surface area contributed by atoms with E-state index in [1.807, 2.05) is 0 Å². The van der Waals surface area contributed by atoms with Gasteiger partial charge in [-0.1, -0.05) is 52.2 Å². The van der Waals surface area contributed by atoms with Crippen LogP contribution in [0.2, 0.25) is 0 Å². The highest BCUT2D eigenvalue weighted by Gasteiger charge is 2.28. The van der Waals surface area contributed by atoms with Gasteiger partial charge in [-0.05, 0) is 6.42 Å². The molecule has 0 bridgehead atoms. The molecule has 0 aromatic carbocycles. The maximum atomic E-state index is 11.6. The number of unbranched alkanes of at least 4 members (excludes halogenated alkanes) is 4. The van der Waals surface area contributed by atoms with Gasteiger partial charge in [0.25, 0.3) is 0 Å². The zero-order valence-corrected chi connectivity index (χ0v) is 11.0. The quantitative estimate of drug-likeness (QED) is 0.260. The molecule has 0 spiro atoms. The summed E-state index contributed by atoms with van der Waals surface area (Å²) in [5.41, 5.74) is 0. The van der Waals surface area contributed by atoms with Crippen LogP contribution in [0.1, 0.15) is 45.4 Å². The Morgan fingerprint density at radius 1 is 1.00 bits per heavy atom. The Kier molecular flexibility index (Phi) is 9.64. The highest BCUT2D eigenvalue weighted by atomic mass is 16.5. The van der Waals surface area contributed by atoms with Crippen LogP contribution < -0.4 is 0 Å². The molecule has 0 atom stereocenters. The van der Waals surface area contributed by atoms with Crippen molar-refractivity contribution in [2.45, 2.75) is 45.4 Å². The first kappa shape index (κ1) is 16.4. The first-order valence-electron chi connectivity index (χ1n) is 6.30. The van der Waals surface area contributed by atoms with Gasteiger partial charge in [0, 0.05) is 0 Å². The Hall–Kier alpha value is -1.58. The van der Waals surface area contributed by atoms with Crippen LogP contribution in [-0.2, 0) is 19.1 Å². The van der Waals surface area contributed by atoms with E-state index in [-0.39, 0.29) is 0 Å². The molecule has 4 heteroatoms. The Balaban J connectivity index is 4.20. The summed E-state index contributed by atoms with van der Waals surface area (Å²) in [6, 6.07) is 0. The van der Waals surface area contributed by atoms with Crippen molar-refractivity contribution in [2.24, 2.45) is 5.92 Å². The van der Waals surface area contributed by atoms with E-state index in [0.717, 1.165) is 38.2 Å². The molecule has 0 heterocycles. The molecule has 0 saturated heterocycles. The van der Waals surface area contributed by atoms with Crippen molar-refractivity contribution in [3.63, 3.8) is 0 Å². The largest absolute Gasteiger partial charge is 0.434 e. The van der Waals surface area contributed by atoms with Gasteiger partial charge in [0.15, 0.2) is 5.92 Å². The first-order valence-corrected chi connectivity index (χ1v) is 6.30. The Labute approximate surface area is 109 Å². The van der Waals surface area contributed by atoms with Crippen LogP contribution in [0.25, 0.3) is 0 Å². The molecule has 18 heavy (non-hydrogen) atoms. The van der Waals surface area contributed by atoms with Crippen molar-refractivity contribution in [1.29, 1.82) is 0 Å². The standard InChI is InChI=1S/C14H22O4/c1-4-7-8-9-10-11-12(13(15)17-5-2)14(16)18-6-3/h5-6,12H,2-4,7-11H2,1H3. The maximum absolute atomic E-state index is 11.6. The van der Waals surface area contributed by atoms with Crippen LogP contribution in [0, 0.1) is 5.92 Å². The summed E-state index contributed by atoms with van der Waals surface area (Å²) in [6.45, 7) is 8.72. The number of rotatable bonds is 10. The van der Waals surface area contributed by atoms with Gasteiger partial charge in [-0.2, -0.15) is 0 Å². The third-order valence-corrected chi connectivity index (χ3v) is 2.56. The molecule has 0 rings (SSSR count). The number of hydrogen-bond donors (Lipinski definition) is 0. The zero-order valence-electron chi connectivity index (χ0n) is 11.0. The van der Waals surface area contributed by atoms with Gasteiger partial charge in [0.2, 0.25) is 0 Å². The van der Waals surface area contributed by atoms with Crippen LogP contribution in [0.15, 0.2) is 25.7 Å². The molecule has 0 N–H and O–H groups in total. The Morgan fingerprint density at radius 2 is 1.50 bits per heavy atom. The summed E-state index contributed by atoms with van der Waals surface area (Å²) in [6.07, 6.45) is 7.69. The predicted octanol–water partition coefficient (Wildman–Crippen LogP) is 3.34. The van der Waals surface area contributed by atoms with Gasteiger partial charge < -0.3 is 9.47 Å². The smallest absolute Gasteiger partial charge is 0.325 e. The number of carbonyl (C=O) groups excluding carboxylic acids is 2. The minimum Gasteiger partial charge on any atom is -0.434 e. The van der Waals surface area contributed by atoms with Crippen LogP contribution in [0.3, 0.4) is 0 Å². The monoisotopic (exact) mass is 254 g/mol. The first-order chi connectivity index (χ1) is 8.67. The van der Waals surface area contributed by atoms with Crippen molar-refractivity contribution in [1.82, 2.24) is 0 Å². The lowest BCUT2D eigenvalue weighted by atomic mass is 10.0. The van der Waals surface area contributed by atoms with Crippen LogP contribution in [-0.4, -0.2) is 11.9 Å². The van der Waals surface area contributed by atoms with E-state index in [0.29, 0.717) is 6.42 Å². The van der Waals surface area contributed by atoms with Gasteiger partial charge in [-0.3, -0.25) is 9.59 Å². The molecule has 0 aromatic heterocycles. The minimum absolute atomic E-state index is 0.434. The van der Waals surface area contributed by atoms with Crippen molar-refractivity contribution in [2.75, 3.05) is 0 Å². The van der Waals surface area contributed by atoms with Crippen molar-refractivity contribution in [3.8, 4) is 0 Å². The normalized spacial score (nSPS) is 9.89. The molecule has 0 aliphatic heterocycles. The fourth-order valence-corrected chi connectivity index (χ4v) is 1.61. The second-order valence-electron chi connectivity index (χ2n) is 3.96. The molecule has 0 radical (unpaired) electrons. The Morgan fingerprint density at radius 3 is 1.94 bits per heavy atom. The number of hydrogen-bond acceptors (Lipinski definition) is 4. The summed E-state index contributed by atoms with van der Waals surface area (Å²) in [5, 5.41) is 0. The average molecular weight is 254 g/mol. The minimum atomic E-state index is -0.886. The van der Waals surface area contributed by atoms with E-state index in [1.165, 1.54) is 6.42 Å². The fourth-order valence-electron chi connectivity index (χ4n) is 1.61. The van der Waals surface area contributed by atoms with E-state index in [9.17, 15) is 9.59 Å². The molecule has 4 nitrogen and oxygen atoms in total. The van der Waals surface area contributed by atoms with E-state index < -0.39 is 17.9 Å². The number of carbonyl (C=O) groups is 2. The van der Waals surface area contributed by atoms with E-state index in [1.54, 1.807) is 0 Å². The Bertz CT molecular complexity index is 262. The predicted molar refractivity (Wildman–Crippen MR) is 69.4 cm³/mol. The summed E-state index contributed by atoms with van der Waals surface area (Å²) < 4.78 is 9.28. The fraction of sp³-hybridized carbons (Fsp3) is 0.571. The maximum Gasteiger partial charge on any atom is 0.325 e. The molecule has 0 aromatic rings. The van der Waals surface area contributed by atoms with Crippen LogP contribution in [0.4, 0.5) is 0 Å². The number of esters is 2. The molecule has 0 aliphatic rings. The van der Waals surface area contributed by atoms with Crippen LogP contribution in [0.5, 0.6) is 0 Å². The lowest BCUT2D eigenvalue weighted by Crippen LogP contribution is -2.25. The zero-order chi connectivity index (χ0) is 13.8. The van der Waals surface area contributed by atoms with Gasteiger partial charge in [-0.15, -0.1) is 0 Å². The van der Waals surface area contributed by atoms with Crippen molar-refractivity contribution >= 4 is 11.9 Å². The molecule has 0 amide bonds. The topological polar surface area (TPSA) is 52.6 Å². The van der Waals surface area contributed by atoms with Gasteiger partial charge in [0.1, 0.15) is 0 Å². The summed E-state index contributed by atoms with van der Waals surface area (Å²) >= 11 is 0. The lowest BCUT2D eigenvalue weighted by molar-refractivity contribution is -0.156. The van der Waals surface area contributed by atoms with E-state index in [2.05, 4.69) is 29.6 Å². The summed E-state index contributed by atoms with van der Waals surface area (Å²) in [4.78, 5) is 23.1. The van der Waals surface area contributed by atoms with Crippen LogP contribution >= 0.6 is 0 Å². The third kappa shape index (κ3) is 6.89. The second kappa shape index (κ2) is 10.6. The average Bonchev–Trinajstić information content (AvgIpc) is 2.34. The molecular formula is C14H22O4. The van der Waals surface area contributed by atoms with E-state index >= 15 is 0 Å². The highest BCUT2D eigenvalue weighted by Crippen LogP contribution is 2.15. The lowest BCUT2D eigenvalue weighted by Gasteiger charge is -2.11. The molecule has 0 unspecified atom stereocenters.